The topological polar surface area (TPSA) is 86.8 Å². The average molecular weight is 514 g/mol. The third kappa shape index (κ3) is 7.82. The molecule has 1 aliphatic carbocycles. The first kappa shape index (κ1) is 27.7. The number of aryl methyl sites for hydroxylation is 1. The Bertz CT molecular complexity index is 1100. The molecule has 0 bridgehead atoms. The van der Waals surface area contributed by atoms with E-state index in [1.165, 1.54) is 10.6 Å². The molecule has 0 spiro atoms. The van der Waals surface area contributed by atoms with Gasteiger partial charge in [-0.3, -0.25) is 13.9 Å². The Morgan fingerprint density at radius 3 is 2.25 bits per heavy atom. The van der Waals surface area contributed by atoms with Gasteiger partial charge in [0.25, 0.3) is 0 Å². The van der Waals surface area contributed by atoms with Crippen LogP contribution in [0.5, 0.6) is 0 Å². The van der Waals surface area contributed by atoms with Gasteiger partial charge in [0, 0.05) is 25.6 Å². The summed E-state index contributed by atoms with van der Waals surface area (Å²) in [7, 11) is -3.49. The summed E-state index contributed by atoms with van der Waals surface area (Å²) in [6.45, 7) is 4.47. The van der Waals surface area contributed by atoms with Crippen LogP contribution in [0.1, 0.15) is 63.0 Å². The third-order valence-corrected chi connectivity index (χ3v) is 7.95. The largest absolute Gasteiger partial charge is 0.352 e. The zero-order valence-electron chi connectivity index (χ0n) is 21.7. The lowest BCUT2D eigenvalue weighted by Gasteiger charge is -2.32. The van der Waals surface area contributed by atoms with Crippen LogP contribution in [0.4, 0.5) is 5.69 Å². The first-order valence-corrected chi connectivity index (χ1v) is 14.7. The monoisotopic (exact) mass is 513 g/mol. The van der Waals surface area contributed by atoms with Crippen LogP contribution in [-0.4, -0.2) is 50.0 Å². The van der Waals surface area contributed by atoms with E-state index in [1.54, 1.807) is 29.2 Å². The molecule has 0 heterocycles. The molecule has 36 heavy (non-hydrogen) atoms. The lowest BCUT2D eigenvalue weighted by molar-refractivity contribution is -0.141. The Balaban J connectivity index is 1.74. The van der Waals surface area contributed by atoms with Gasteiger partial charge < -0.3 is 10.2 Å². The number of anilines is 1. The fraction of sp³-hybridized carbons (Fsp3) is 0.500. The van der Waals surface area contributed by atoms with E-state index in [1.807, 2.05) is 44.2 Å². The van der Waals surface area contributed by atoms with Crippen LogP contribution in [0, 0.1) is 6.92 Å². The molecule has 7 nitrogen and oxygen atoms in total. The van der Waals surface area contributed by atoms with Crippen LogP contribution < -0.4 is 9.62 Å². The molecular weight excluding hydrogens is 474 g/mol. The fourth-order valence-electron chi connectivity index (χ4n) is 4.78. The number of nitrogens with one attached hydrogen (secondary N) is 1. The van der Waals surface area contributed by atoms with Crippen molar-refractivity contribution in [3.63, 3.8) is 0 Å². The second-order valence-electron chi connectivity index (χ2n) is 9.70. The highest BCUT2D eigenvalue weighted by Crippen LogP contribution is 2.21. The summed E-state index contributed by atoms with van der Waals surface area (Å²) in [5.74, 6) is -0.252. The number of hydrogen-bond donors (Lipinski definition) is 1. The molecule has 1 fully saturated rings. The van der Waals surface area contributed by atoms with Gasteiger partial charge in [-0.25, -0.2) is 8.42 Å². The molecule has 2 aromatic carbocycles. The molecule has 1 aliphatic rings. The molecule has 1 saturated carbocycles. The lowest BCUT2D eigenvalue weighted by atomic mass is 10.1. The van der Waals surface area contributed by atoms with Crippen LogP contribution in [0.3, 0.4) is 0 Å². The first-order chi connectivity index (χ1) is 17.2. The number of sulfonamides is 1. The van der Waals surface area contributed by atoms with Gasteiger partial charge in [0.2, 0.25) is 21.8 Å². The van der Waals surface area contributed by atoms with E-state index in [9.17, 15) is 18.0 Å². The number of rotatable bonds is 12. The fourth-order valence-corrected chi connectivity index (χ4v) is 5.74. The molecule has 1 atom stereocenters. The van der Waals surface area contributed by atoms with Gasteiger partial charge in [0.1, 0.15) is 6.04 Å². The maximum absolute atomic E-state index is 13.5. The average Bonchev–Trinajstić information content (AvgIpc) is 3.35. The summed E-state index contributed by atoms with van der Waals surface area (Å²) in [6, 6.07) is 16.5. The number of benzene rings is 2. The van der Waals surface area contributed by atoms with Crippen molar-refractivity contribution in [2.45, 2.75) is 77.4 Å². The molecule has 0 saturated heterocycles. The Morgan fingerprint density at radius 2 is 1.67 bits per heavy atom. The molecule has 1 N–H and O–H groups in total. The highest BCUT2D eigenvalue weighted by Gasteiger charge is 2.30. The Kier molecular flexibility index (Phi) is 9.93. The lowest BCUT2D eigenvalue weighted by Crippen LogP contribution is -2.51. The second kappa shape index (κ2) is 12.9. The summed E-state index contributed by atoms with van der Waals surface area (Å²) in [6.07, 6.45) is 6.38. The highest BCUT2D eigenvalue weighted by atomic mass is 32.2. The summed E-state index contributed by atoms with van der Waals surface area (Å²) in [5, 5.41) is 3.16. The van der Waals surface area contributed by atoms with Crippen molar-refractivity contribution in [1.82, 2.24) is 10.2 Å². The van der Waals surface area contributed by atoms with E-state index in [4.69, 9.17) is 0 Å². The predicted molar refractivity (Wildman–Crippen MR) is 144 cm³/mol. The van der Waals surface area contributed by atoms with Crippen LogP contribution in [-0.2, 0) is 26.2 Å². The van der Waals surface area contributed by atoms with Gasteiger partial charge in [-0.05, 0) is 50.3 Å². The van der Waals surface area contributed by atoms with Gasteiger partial charge in [-0.2, -0.15) is 0 Å². The number of carbonyl (C=O) groups excluding carboxylic acids is 2. The Morgan fingerprint density at radius 1 is 1.03 bits per heavy atom. The Labute approximate surface area is 215 Å². The van der Waals surface area contributed by atoms with Crippen molar-refractivity contribution >= 4 is 27.5 Å². The number of nitrogens with zero attached hydrogens (tertiary/aromatic N) is 2. The third-order valence-electron chi connectivity index (χ3n) is 6.76. The molecule has 2 amide bonds. The Hall–Kier alpha value is -2.87. The number of carbonyl (C=O) groups is 2. The summed E-state index contributed by atoms with van der Waals surface area (Å²) >= 11 is 0. The molecule has 3 rings (SSSR count). The minimum atomic E-state index is -3.49. The molecule has 196 valence electrons. The van der Waals surface area contributed by atoms with E-state index >= 15 is 0 Å². The first-order valence-electron chi connectivity index (χ1n) is 12.9. The molecule has 2 aromatic rings. The van der Waals surface area contributed by atoms with Gasteiger partial charge in [0.05, 0.1) is 11.9 Å². The van der Waals surface area contributed by atoms with Crippen molar-refractivity contribution in [3.05, 3.63) is 65.7 Å². The highest BCUT2D eigenvalue weighted by molar-refractivity contribution is 7.92. The maximum atomic E-state index is 13.5. The molecule has 0 radical (unpaired) electrons. The van der Waals surface area contributed by atoms with Gasteiger partial charge >= 0.3 is 0 Å². The van der Waals surface area contributed by atoms with Crippen LogP contribution in [0.15, 0.2) is 54.6 Å². The van der Waals surface area contributed by atoms with E-state index < -0.39 is 16.1 Å². The van der Waals surface area contributed by atoms with Gasteiger partial charge in [-0.1, -0.05) is 67.8 Å². The molecular formula is C28H39N3O4S. The quantitative estimate of drug-likeness (QED) is 0.456. The molecule has 0 aliphatic heterocycles. The molecule has 0 unspecified atom stereocenters. The normalized spacial score (nSPS) is 14.9. The van der Waals surface area contributed by atoms with Gasteiger partial charge in [0.15, 0.2) is 0 Å². The smallest absolute Gasteiger partial charge is 0.243 e. The van der Waals surface area contributed by atoms with Crippen molar-refractivity contribution in [1.29, 1.82) is 0 Å². The standard InChI is InChI=1S/C28H39N3O4S/c1-4-26(28(33)29-24-11-8-9-12-24)30(21-23-18-16-22(2)17-19-23)27(32)15-10-20-31(36(3,34)35)25-13-6-5-7-14-25/h5-7,13-14,16-19,24,26H,4,8-12,15,20-21H2,1-3H3,(H,29,33)/t26-/m1/s1. The zero-order valence-corrected chi connectivity index (χ0v) is 22.5. The number of amides is 2. The van der Waals surface area contributed by atoms with E-state index in [2.05, 4.69) is 5.32 Å². The van der Waals surface area contributed by atoms with E-state index in [0.717, 1.165) is 36.8 Å². The summed E-state index contributed by atoms with van der Waals surface area (Å²) < 4.78 is 26.1. The zero-order chi connectivity index (χ0) is 26.1. The minimum Gasteiger partial charge on any atom is -0.352 e. The maximum Gasteiger partial charge on any atom is 0.243 e. The number of hydrogen-bond acceptors (Lipinski definition) is 4. The van der Waals surface area contributed by atoms with Crippen LogP contribution >= 0.6 is 0 Å². The number of para-hydroxylation sites is 1. The summed E-state index contributed by atoms with van der Waals surface area (Å²) in [4.78, 5) is 28.4. The SMILES string of the molecule is CC[C@H](C(=O)NC1CCCC1)N(Cc1ccc(C)cc1)C(=O)CCCN(c1ccccc1)S(C)(=O)=O. The second-order valence-corrected chi connectivity index (χ2v) is 11.6. The van der Waals surface area contributed by atoms with Crippen molar-refractivity contribution in [3.8, 4) is 0 Å². The predicted octanol–water partition coefficient (Wildman–Crippen LogP) is 4.41. The molecule has 8 heteroatoms. The van der Waals surface area contributed by atoms with Crippen molar-refractivity contribution < 1.29 is 18.0 Å². The minimum absolute atomic E-state index is 0.105. The summed E-state index contributed by atoms with van der Waals surface area (Å²) in [5.41, 5.74) is 2.67. The van der Waals surface area contributed by atoms with E-state index in [-0.39, 0.29) is 30.8 Å². The van der Waals surface area contributed by atoms with Crippen molar-refractivity contribution in [2.24, 2.45) is 0 Å². The van der Waals surface area contributed by atoms with E-state index in [0.29, 0.717) is 25.1 Å². The van der Waals surface area contributed by atoms with Crippen LogP contribution in [0.25, 0.3) is 0 Å². The van der Waals surface area contributed by atoms with Crippen LogP contribution in [0.2, 0.25) is 0 Å². The van der Waals surface area contributed by atoms with Gasteiger partial charge in [-0.15, -0.1) is 0 Å². The van der Waals surface area contributed by atoms with Crippen molar-refractivity contribution in [2.75, 3.05) is 17.1 Å². The molecule has 0 aromatic heterocycles.